The molecule has 0 aliphatic heterocycles. The monoisotopic (exact) mass is 236 g/mol. The summed E-state index contributed by atoms with van der Waals surface area (Å²) in [6, 6.07) is 0. The number of alkyl halides is 4. The molecule has 0 aromatic heterocycles. The summed E-state index contributed by atoms with van der Waals surface area (Å²) in [5.41, 5.74) is 0. The molecule has 80 valence electrons. The highest BCUT2D eigenvalue weighted by Crippen LogP contribution is 2.15. The predicted molar refractivity (Wildman–Crippen MR) is 49.5 cm³/mol. The van der Waals surface area contributed by atoms with Gasteiger partial charge in [-0.25, -0.2) is 0 Å². The molecule has 0 fully saturated rings. The van der Waals surface area contributed by atoms with E-state index in [1.807, 2.05) is 6.92 Å². The molecule has 0 saturated carbocycles. The van der Waals surface area contributed by atoms with Crippen LogP contribution in [0.3, 0.4) is 0 Å². The molecule has 0 spiro atoms. The van der Waals surface area contributed by atoms with Crippen molar-refractivity contribution in [2.24, 2.45) is 0 Å². The fourth-order valence-corrected chi connectivity index (χ4v) is 1.51. The summed E-state index contributed by atoms with van der Waals surface area (Å²) in [6.07, 6.45) is -4.22. The van der Waals surface area contributed by atoms with Gasteiger partial charge in [0.25, 0.3) is 0 Å². The molecule has 1 nitrogen and oxygen atoms in total. The van der Waals surface area contributed by atoms with Crippen LogP contribution in [0.15, 0.2) is 0 Å². The second-order valence-corrected chi connectivity index (χ2v) is 4.36. The molecule has 0 amide bonds. The molecule has 0 rings (SSSR count). The zero-order valence-corrected chi connectivity index (χ0v) is 8.81. The van der Waals surface area contributed by atoms with Crippen molar-refractivity contribution in [2.45, 2.75) is 18.3 Å². The van der Waals surface area contributed by atoms with E-state index >= 15 is 0 Å². The average Bonchev–Trinajstić information content (AvgIpc) is 2.01. The average molecular weight is 237 g/mol. The lowest BCUT2D eigenvalue weighted by Crippen LogP contribution is -2.18. The molecule has 0 aromatic carbocycles. The maximum absolute atomic E-state index is 11.6. The van der Waals surface area contributed by atoms with Gasteiger partial charge in [-0.3, -0.25) is 0 Å². The number of thioether (sulfide) groups is 1. The van der Waals surface area contributed by atoms with Gasteiger partial charge in [-0.1, -0.05) is 6.92 Å². The molecular weight excluding hydrogens is 225 g/mol. The molecule has 6 heteroatoms. The lowest BCUT2D eigenvalue weighted by atomic mass is 10.6. The lowest BCUT2D eigenvalue weighted by Gasteiger charge is -2.09. The number of hydrogen-bond donors (Lipinski definition) is 0. The van der Waals surface area contributed by atoms with Crippen LogP contribution in [0.4, 0.5) is 13.2 Å². The van der Waals surface area contributed by atoms with Gasteiger partial charge in [-0.15, -0.1) is 11.6 Å². The largest absolute Gasteiger partial charge is 0.411 e. The van der Waals surface area contributed by atoms with Gasteiger partial charge in [0.05, 0.1) is 6.61 Å². The minimum atomic E-state index is -4.22. The first-order valence-corrected chi connectivity index (χ1v) is 5.36. The van der Waals surface area contributed by atoms with Crippen LogP contribution in [0.2, 0.25) is 0 Å². The van der Waals surface area contributed by atoms with Gasteiger partial charge in [0.15, 0.2) is 0 Å². The minimum Gasteiger partial charge on any atom is -0.371 e. The van der Waals surface area contributed by atoms with Gasteiger partial charge in [-0.05, 0) is 0 Å². The molecule has 0 bridgehead atoms. The van der Waals surface area contributed by atoms with E-state index in [2.05, 4.69) is 4.74 Å². The van der Waals surface area contributed by atoms with E-state index in [-0.39, 0.29) is 11.9 Å². The summed E-state index contributed by atoms with van der Waals surface area (Å²) >= 11 is 7.00. The third-order valence-corrected chi connectivity index (χ3v) is 2.90. The van der Waals surface area contributed by atoms with Gasteiger partial charge in [0.1, 0.15) is 6.61 Å². The third-order valence-electron chi connectivity index (χ3n) is 1.11. The van der Waals surface area contributed by atoms with Crippen LogP contribution in [-0.4, -0.2) is 36.3 Å². The molecule has 0 aliphatic carbocycles. The zero-order chi connectivity index (χ0) is 10.3. The smallest absolute Gasteiger partial charge is 0.371 e. The minimum absolute atomic E-state index is 0.116. The Hall–Kier alpha value is 0.390. The first-order chi connectivity index (χ1) is 5.95. The molecule has 0 heterocycles. The summed E-state index contributed by atoms with van der Waals surface area (Å²) < 4.78 is 39.1. The Morgan fingerprint density at radius 3 is 2.54 bits per heavy atom. The van der Waals surface area contributed by atoms with Gasteiger partial charge in [0, 0.05) is 16.9 Å². The van der Waals surface area contributed by atoms with Crippen LogP contribution in [0.1, 0.15) is 6.92 Å². The van der Waals surface area contributed by atoms with Gasteiger partial charge >= 0.3 is 6.18 Å². The highest BCUT2D eigenvalue weighted by atomic mass is 35.5. The fourth-order valence-electron chi connectivity index (χ4n) is 0.541. The maximum Gasteiger partial charge on any atom is 0.411 e. The van der Waals surface area contributed by atoms with Crippen molar-refractivity contribution in [1.29, 1.82) is 0 Å². The van der Waals surface area contributed by atoms with E-state index in [0.717, 1.165) is 0 Å². The Kier molecular flexibility index (Phi) is 6.99. The van der Waals surface area contributed by atoms with Crippen molar-refractivity contribution in [3.05, 3.63) is 0 Å². The van der Waals surface area contributed by atoms with Crippen molar-refractivity contribution < 1.29 is 17.9 Å². The predicted octanol–water partition coefficient (Wildman–Crippen LogP) is 2.93. The van der Waals surface area contributed by atoms with Crippen LogP contribution in [-0.2, 0) is 4.74 Å². The van der Waals surface area contributed by atoms with E-state index in [0.29, 0.717) is 11.6 Å². The van der Waals surface area contributed by atoms with Crippen molar-refractivity contribution in [3.63, 3.8) is 0 Å². The lowest BCUT2D eigenvalue weighted by molar-refractivity contribution is -0.172. The first-order valence-electron chi connectivity index (χ1n) is 3.78. The SMILES string of the molecule is CC(CCl)SCCOCC(F)(F)F. The zero-order valence-electron chi connectivity index (χ0n) is 7.23. The van der Waals surface area contributed by atoms with Crippen molar-refractivity contribution >= 4 is 23.4 Å². The molecule has 1 atom stereocenters. The van der Waals surface area contributed by atoms with E-state index in [1.54, 1.807) is 0 Å². The van der Waals surface area contributed by atoms with Gasteiger partial charge < -0.3 is 4.74 Å². The Bertz CT molecular complexity index is 131. The normalized spacial score (nSPS) is 14.5. The van der Waals surface area contributed by atoms with E-state index in [4.69, 9.17) is 11.6 Å². The molecule has 0 N–H and O–H groups in total. The Morgan fingerprint density at radius 1 is 1.46 bits per heavy atom. The summed E-state index contributed by atoms with van der Waals surface area (Å²) in [4.78, 5) is 0. The van der Waals surface area contributed by atoms with Gasteiger partial charge in [-0.2, -0.15) is 24.9 Å². The molecule has 0 aliphatic rings. The van der Waals surface area contributed by atoms with Crippen LogP contribution in [0.25, 0.3) is 0 Å². The second-order valence-electron chi connectivity index (χ2n) is 2.50. The fraction of sp³-hybridized carbons (Fsp3) is 1.00. The van der Waals surface area contributed by atoms with E-state index in [1.165, 1.54) is 11.8 Å². The molecule has 0 saturated heterocycles. The standard InChI is InChI=1S/C7H12ClF3OS/c1-6(4-8)13-3-2-12-5-7(9,10)11/h6H,2-5H2,1H3. The molecule has 0 radical (unpaired) electrons. The summed E-state index contributed by atoms with van der Waals surface area (Å²) in [6.45, 7) is 0.871. The van der Waals surface area contributed by atoms with Crippen LogP contribution < -0.4 is 0 Å². The second kappa shape index (κ2) is 6.79. The number of ether oxygens (including phenoxy) is 1. The highest BCUT2D eigenvalue weighted by Gasteiger charge is 2.27. The number of halogens is 4. The van der Waals surface area contributed by atoms with Crippen molar-refractivity contribution in [2.75, 3.05) is 24.8 Å². The molecular formula is C7H12ClF3OS. The maximum atomic E-state index is 11.6. The molecule has 1 unspecified atom stereocenters. The molecule has 0 aromatic rings. The topological polar surface area (TPSA) is 9.23 Å². The quantitative estimate of drug-likeness (QED) is 0.518. The van der Waals surface area contributed by atoms with Crippen LogP contribution in [0.5, 0.6) is 0 Å². The third kappa shape index (κ3) is 10.3. The Balaban J connectivity index is 3.18. The highest BCUT2D eigenvalue weighted by molar-refractivity contribution is 7.99. The summed E-state index contributed by atoms with van der Waals surface area (Å²) in [7, 11) is 0. The van der Waals surface area contributed by atoms with Crippen molar-refractivity contribution in [3.8, 4) is 0 Å². The van der Waals surface area contributed by atoms with Crippen molar-refractivity contribution in [1.82, 2.24) is 0 Å². The Morgan fingerprint density at radius 2 is 2.08 bits per heavy atom. The number of rotatable bonds is 6. The van der Waals surface area contributed by atoms with Crippen LogP contribution >= 0.6 is 23.4 Å². The Labute approximate surface area is 85.0 Å². The number of hydrogen-bond acceptors (Lipinski definition) is 2. The van der Waals surface area contributed by atoms with Gasteiger partial charge in [0.2, 0.25) is 0 Å². The van der Waals surface area contributed by atoms with E-state index < -0.39 is 12.8 Å². The van der Waals surface area contributed by atoms with Crippen LogP contribution in [0, 0.1) is 0 Å². The van der Waals surface area contributed by atoms with E-state index in [9.17, 15) is 13.2 Å². The summed E-state index contributed by atoms with van der Waals surface area (Å²) in [5.74, 6) is 1.05. The first kappa shape index (κ1) is 13.4. The molecule has 13 heavy (non-hydrogen) atoms. The summed E-state index contributed by atoms with van der Waals surface area (Å²) in [5, 5.41) is 0.260.